The first-order valence-electron chi connectivity index (χ1n) is 54.3. The fraction of sp³-hybridized carbons (Fsp3) is 0.912. The van der Waals surface area contributed by atoms with E-state index in [-0.39, 0.29) is 123 Å². The number of allylic oxidation sites excluding steroid dienone is 4. The number of carboxylic acids is 1. The molecule has 0 radical (unpaired) electrons. The number of fused-ring (bicyclic) bond motifs is 37. The van der Waals surface area contributed by atoms with Gasteiger partial charge in [-0.05, 0) is 446 Å². The lowest BCUT2D eigenvalue weighted by atomic mass is 9.43. The normalized spacial score (nSPS) is 55.8. The number of carbonyl (C=O) groups is 2. The highest BCUT2D eigenvalue weighted by Crippen LogP contribution is 2.76. The number of aliphatic hydroxyl groups is 4. The van der Waals surface area contributed by atoms with Crippen LogP contribution in [0, 0.1) is 173 Å². The molecule has 20 unspecified atom stereocenters. The van der Waals surface area contributed by atoms with Crippen molar-refractivity contribution in [2.45, 2.75) is 471 Å². The van der Waals surface area contributed by atoms with Crippen LogP contribution in [-0.4, -0.2) is 152 Å². The van der Waals surface area contributed by atoms with Gasteiger partial charge in [0, 0.05) is 41.8 Å². The quantitative estimate of drug-likeness (QED) is 0.0555. The third-order valence-electron chi connectivity index (χ3n) is 46.6. The van der Waals surface area contributed by atoms with Gasteiger partial charge >= 0.3 is 0 Å². The fourth-order valence-corrected chi connectivity index (χ4v) is 39.6. The number of carboxylic acid groups (broad SMARTS) is 1. The second-order valence-electron chi connectivity index (χ2n) is 54.1. The Morgan fingerprint density at radius 1 is 0.323 bits per heavy atom. The van der Waals surface area contributed by atoms with Crippen molar-refractivity contribution >= 4 is 11.8 Å². The van der Waals surface area contributed by atoms with Crippen molar-refractivity contribution in [2.75, 3.05) is 0 Å². The van der Waals surface area contributed by atoms with Gasteiger partial charge in [-0.15, -0.1) is 0 Å². The summed E-state index contributed by atoms with van der Waals surface area (Å²) in [4.78, 5) is 24.8. The first-order valence-corrected chi connectivity index (χ1v) is 54.3. The Morgan fingerprint density at radius 2 is 0.579 bits per heavy atom. The molecule has 0 spiro atoms. The van der Waals surface area contributed by atoms with Gasteiger partial charge in [-0.3, -0.25) is 9.59 Å². The van der Waals surface area contributed by atoms with E-state index in [1.165, 1.54) is 125 Å². The van der Waals surface area contributed by atoms with Crippen molar-refractivity contribution < 1.29 is 73.0 Å². The van der Waals surface area contributed by atoms with Crippen LogP contribution in [0.1, 0.15) is 356 Å². The summed E-state index contributed by atoms with van der Waals surface area (Å²) >= 11 is 0. The van der Waals surface area contributed by atoms with Gasteiger partial charge < -0.3 is 74.9 Å². The average Bonchev–Trinajstić information content (AvgIpc) is 1.55. The Hall–Kier alpha value is -3.15. The Balaban J connectivity index is 0.000000106. The third-order valence-corrected chi connectivity index (χ3v) is 46.6. The molecule has 20 aliphatic carbocycles. The van der Waals surface area contributed by atoms with Crippen LogP contribution >= 0.6 is 0 Å². The minimum Gasteiger partial charge on any atom is -0.481 e. The van der Waals surface area contributed by atoms with E-state index in [1.807, 2.05) is 13.8 Å². The van der Waals surface area contributed by atoms with E-state index in [9.17, 15) is 25.2 Å². The Kier molecular flexibility index (Phi) is 25.2. The Labute approximate surface area is 799 Å². The van der Waals surface area contributed by atoms with Crippen LogP contribution in [0.5, 0.6) is 0 Å². The molecule has 4 heterocycles. The largest absolute Gasteiger partial charge is 0.481 e. The number of nitrogens with zero attached hydrogens (tertiary/aromatic N) is 3. The maximum Gasteiger partial charge on any atom is 0.300 e. The SMILES string of the molecule is C=C1CCC2C3C(CC[C@]12C)[C@@]1(C)CC[C@@H](N)CC1[C@@H](O)[C@@H]3O.C=C1CCC2C3C(CC[C@]12C)[C@@]1(C)CC[C@@H](N)CC1[C@H]1OC(C)(C)O[C@H]31.C=C1CCC2C3C(CC[C@]12C)[C@@]1(C)CC[C@@H](N=[N+]=[N-])CC1[C@H]1OC(C)(C)O[C@H]31.C=C1CCC2C3C(CC[C@]12C)[C@@]1(C)CC[C@H](O)CC1[C@H]1OC(C)(C)O[C@H]31.CC(=O)O.CC1(C)O[C@@H]2C3C(CC[C@]4(C)C(=O)CCC34)[C@@]3(C)CC[C@H](O)CC3[C@H]2O1. The molecule has 0 amide bonds. The van der Waals surface area contributed by atoms with Gasteiger partial charge in [-0.25, -0.2) is 0 Å². The molecule has 20 saturated carbocycles. The van der Waals surface area contributed by atoms with Gasteiger partial charge in [0.1, 0.15) is 5.78 Å². The van der Waals surface area contributed by atoms with Gasteiger partial charge in [0.25, 0.3) is 5.97 Å². The summed E-state index contributed by atoms with van der Waals surface area (Å²) in [5.41, 5.74) is 29.6. The smallest absolute Gasteiger partial charge is 0.300 e. The monoisotopic (exact) mass is 1850 g/mol. The van der Waals surface area contributed by atoms with E-state index < -0.39 is 41.3 Å². The van der Waals surface area contributed by atoms with Crippen LogP contribution in [0.2, 0.25) is 0 Å². The number of Topliss-reactive ketones (excluding diaryl/α,β-unsaturated/α-hetero) is 1. The van der Waals surface area contributed by atoms with Crippen LogP contribution in [-0.2, 0) is 47.5 Å². The first kappa shape index (κ1) is 98.6. The zero-order chi connectivity index (χ0) is 95.5. The summed E-state index contributed by atoms with van der Waals surface area (Å²) in [7, 11) is 0. The number of ether oxygens (including phenoxy) is 8. The Bertz CT molecular complexity index is 4260. The Morgan fingerprint density at radius 3 is 0.917 bits per heavy atom. The van der Waals surface area contributed by atoms with E-state index in [2.05, 4.69) is 147 Å². The molecule has 0 aromatic heterocycles. The minimum absolute atomic E-state index is 0.0595. The van der Waals surface area contributed by atoms with Gasteiger partial charge in [0.05, 0.1) is 73.2 Å². The van der Waals surface area contributed by atoms with Crippen molar-refractivity contribution in [1.82, 2.24) is 0 Å². The first-order chi connectivity index (χ1) is 62.2. The highest BCUT2D eigenvalue weighted by atomic mass is 16.8. The van der Waals surface area contributed by atoms with Gasteiger partial charge in [-0.2, -0.15) is 0 Å². The van der Waals surface area contributed by atoms with E-state index in [0.29, 0.717) is 129 Å². The molecule has 0 aromatic rings. The van der Waals surface area contributed by atoms with Gasteiger partial charge in [-0.1, -0.05) is 123 Å². The van der Waals surface area contributed by atoms with Crippen molar-refractivity contribution in [3.63, 3.8) is 0 Å². The van der Waals surface area contributed by atoms with Crippen LogP contribution < -0.4 is 11.5 Å². The maximum absolute atomic E-state index is 12.7. The number of carbonyl (C=O) groups excluding carboxylic acids is 1. The lowest BCUT2D eigenvalue weighted by Gasteiger charge is -2.63. The summed E-state index contributed by atoms with van der Waals surface area (Å²) < 4.78 is 52.6. The third kappa shape index (κ3) is 15.6. The summed E-state index contributed by atoms with van der Waals surface area (Å²) in [6.45, 7) is 59.8. The number of aliphatic carboxylic acids is 1. The molecule has 9 N–H and O–H groups in total. The highest BCUT2D eigenvalue weighted by molar-refractivity contribution is 5.87. The number of nitrogens with two attached hydrogens (primary N) is 2. The van der Waals surface area contributed by atoms with Gasteiger partial charge in [0.2, 0.25) is 0 Å². The molecule has 0 bridgehead atoms. The molecular weight excluding hydrogens is 1670 g/mol. The lowest BCUT2D eigenvalue weighted by Crippen LogP contribution is -2.64. The molecule has 24 aliphatic rings. The molecule has 24 fully saturated rings. The second kappa shape index (κ2) is 34.0. The molecule has 133 heavy (non-hydrogen) atoms. The minimum atomic E-state index is -0.833. The zero-order valence-corrected chi connectivity index (χ0v) is 85.6. The summed E-state index contributed by atoms with van der Waals surface area (Å²) in [5.74, 6) is 8.14. The lowest BCUT2D eigenvalue weighted by molar-refractivity contribution is -0.210. The molecular formula is C113H179N5O15. The maximum atomic E-state index is 12.7. The molecule has 4 saturated heterocycles. The number of aliphatic hydroxyl groups excluding tert-OH is 4. The summed E-state index contributed by atoms with van der Waals surface area (Å²) in [6.07, 6.45) is 38.7. The predicted molar refractivity (Wildman–Crippen MR) is 516 cm³/mol. The zero-order valence-electron chi connectivity index (χ0n) is 85.6. The van der Waals surface area contributed by atoms with Crippen molar-refractivity contribution in [2.24, 2.45) is 189 Å². The fourth-order valence-electron chi connectivity index (χ4n) is 39.6. The van der Waals surface area contributed by atoms with E-state index in [0.717, 1.165) is 135 Å². The number of rotatable bonds is 1. The molecule has 0 aromatic carbocycles. The van der Waals surface area contributed by atoms with Crippen LogP contribution in [0.3, 0.4) is 0 Å². The number of hydrogen-bond acceptors (Lipinski definition) is 17. The second-order valence-corrected chi connectivity index (χ2v) is 54.1. The van der Waals surface area contributed by atoms with Crippen molar-refractivity contribution in [3.05, 3.63) is 59.1 Å². The summed E-state index contributed by atoms with van der Waals surface area (Å²) in [5, 5.41) is 54.3. The molecule has 4 aliphatic heterocycles. The van der Waals surface area contributed by atoms with Gasteiger partial charge in [0.15, 0.2) is 23.1 Å². The van der Waals surface area contributed by atoms with E-state index in [4.69, 9.17) is 64.8 Å². The number of ketones is 1. The van der Waals surface area contributed by atoms with E-state index >= 15 is 0 Å². The molecule has 20 heteroatoms. The highest BCUT2D eigenvalue weighted by Gasteiger charge is 2.75. The number of azide groups is 1. The summed E-state index contributed by atoms with van der Waals surface area (Å²) in [6, 6.07) is 0.622. The molecule has 45 atom stereocenters. The van der Waals surface area contributed by atoms with Crippen LogP contribution in [0.15, 0.2) is 53.7 Å². The number of hydrogen-bond donors (Lipinski definition) is 7. The van der Waals surface area contributed by atoms with E-state index in [1.54, 1.807) is 0 Å². The molecule has 746 valence electrons. The average molecular weight is 1850 g/mol. The van der Waals surface area contributed by atoms with Crippen LogP contribution in [0.25, 0.3) is 10.4 Å². The predicted octanol–water partition coefficient (Wildman–Crippen LogP) is 22.0. The van der Waals surface area contributed by atoms with Crippen LogP contribution in [0.4, 0.5) is 0 Å². The molecule has 20 nitrogen and oxygen atoms in total. The topological polar surface area (TPSA) is 310 Å². The van der Waals surface area contributed by atoms with Crippen molar-refractivity contribution in [3.8, 4) is 0 Å². The molecule has 24 rings (SSSR count). The van der Waals surface area contributed by atoms with Crippen molar-refractivity contribution in [1.29, 1.82) is 0 Å². The standard InChI is InChI=1S/C23H35N3O2.C23H37NO2.C23H36O3.C22H34O4.C20H33NO2.C2H4O2/c1-13-6-7-15-18-16(9-11-22(13,15)4)23(5)10-8-14(25-26-24)12-17(23)19-20(18)28-21(2,3)27-19;2*1-13-6-7-15-18-16(9-11-22(13,15)4)23(5)10-8-14(24)12-17(23)19-20(18)26-21(2,3)25-19;1-20(2)25-18-15-11-12(23)7-9-21(15,3)14-8-10-22(4)13(5-6-16(22)24)17(14)19(18)26-20;1-11-4-5-13-16-14(7-9-19(11,13)2)20(3)8-6-12(21)10-15(20)17(22)18(16)23;1-2(3)4/h14-20H,1,6-12H2,2-5H3;14-20H,1,6-12,24H2,2-5H3;14-20,24H,1,6-12H2,2-5H3;12-15,17-19,23H,5-11H2,1-4H3;12-18,22-23H,1,4-10,21H2,2-3H3;1H3,(H,3,4)/t2*14-,15?,16?,17?,18?,19-,20-,22-,23-;14-,15?,16?,17?,18?,19+,20+,22+,23+;12-,13?,14?,15?,17?,18+,19+,21+,22-;12-,13?,14?,15?,16?,17-,18-,19-,20-;/m11001./s1.